The van der Waals surface area contributed by atoms with E-state index in [4.69, 9.17) is 0 Å². The molecule has 0 N–H and O–H groups in total. The molecule has 0 aromatic heterocycles. The number of ether oxygens (including phenoxy) is 1. The summed E-state index contributed by atoms with van der Waals surface area (Å²) in [6.07, 6.45) is 1.37. The minimum absolute atomic E-state index is 0.0186. The van der Waals surface area contributed by atoms with E-state index in [1.165, 1.54) is 13.2 Å². The van der Waals surface area contributed by atoms with Gasteiger partial charge in [0.2, 0.25) is 5.12 Å². The number of carbonyl (C=O) groups excluding carboxylic acids is 2. The molecule has 0 spiro atoms. The minimum atomic E-state index is -1.50. The van der Waals surface area contributed by atoms with Crippen LogP contribution in [0.3, 0.4) is 0 Å². The third-order valence-corrected chi connectivity index (χ3v) is 3.23. The van der Waals surface area contributed by atoms with Crippen LogP contribution in [0.25, 0.3) is 0 Å². The Morgan fingerprint density at radius 2 is 1.94 bits per heavy atom. The lowest BCUT2D eigenvalue weighted by molar-refractivity contribution is -0.137. The Morgan fingerprint density at radius 3 is 2.35 bits per heavy atom. The topological polar surface area (TPSA) is 43.4 Å². The zero-order valence-electron chi connectivity index (χ0n) is 10.9. The van der Waals surface area contributed by atoms with Crippen molar-refractivity contribution in [3.05, 3.63) is 11.6 Å². The summed E-state index contributed by atoms with van der Waals surface area (Å²) >= 11 is 1.08. The van der Waals surface area contributed by atoms with Crippen molar-refractivity contribution in [2.75, 3.05) is 12.9 Å². The summed E-state index contributed by atoms with van der Waals surface area (Å²) in [5.74, 6) is 2.79. The van der Waals surface area contributed by atoms with E-state index in [1.807, 2.05) is 6.92 Å². The number of hydrogen-bond acceptors (Lipinski definition) is 4. The van der Waals surface area contributed by atoms with E-state index in [2.05, 4.69) is 35.8 Å². The van der Waals surface area contributed by atoms with Gasteiger partial charge >= 0.3 is 5.97 Å². The van der Waals surface area contributed by atoms with Gasteiger partial charge in [0.1, 0.15) is 13.6 Å². The Balaban J connectivity index is 5.04. The van der Waals surface area contributed by atoms with Crippen molar-refractivity contribution in [1.82, 2.24) is 0 Å². The molecule has 0 aliphatic carbocycles. The number of methoxy groups -OCH3 is 1. The van der Waals surface area contributed by atoms with Crippen LogP contribution in [0.1, 0.15) is 6.92 Å². The smallest absolute Gasteiger partial charge is 0.343 e. The first-order chi connectivity index (χ1) is 7.81. The third-order valence-electron chi connectivity index (χ3n) is 1.56. The number of rotatable bonds is 3. The van der Waals surface area contributed by atoms with Gasteiger partial charge in [0.05, 0.1) is 7.11 Å². The van der Waals surface area contributed by atoms with Gasteiger partial charge in [-0.15, -0.1) is 5.54 Å². The van der Waals surface area contributed by atoms with E-state index in [9.17, 15) is 9.59 Å². The molecule has 0 heterocycles. The van der Waals surface area contributed by atoms with E-state index in [0.717, 1.165) is 11.8 Å². The molecule has 0 bridgehead atoms. The van der Waals surface area contributed by atoms with Gasteiger partial charge in [0.25, 0.3) is 0 Å². The first-order valence-electron chi connectivity index (χ1n) is 5.30. The number of esters is 1. The quantitative estimate of drug-likeness (QED) is 0.197. The van der Waals surface area contributed by atoms with Gasteiger partial charge < -0.3 is 4.74 Å². The fourth-order valence-electron chi connectivity index (χ4n) is 0.845. The molecule has 0 aromatic carbocycles. The molecule has 5 heteroatoms. The van der Waals surface area contributed by atoms with Gasteiger partial charge in [-0.1, -0.05) is 44.2 Å². The van der Waals surface area contributed by atoms with Crippen molar-refractivity contribution in [3.63, 3.8) is 0 Å². The molecule has 0 saturated heterocycles. The first kappa shape index (κ1) is 16.0. The largest absolute Gasteiger partial charge is 0.465 e. The summed E-state index contributed by atoms with van der Waals surface area (Å²) < 4.78 is 4.56. The molecular weight excluding hydrogens is 252 g/mol. The Bertz CT molecular complexity index is 383. The average molecular weight is 270 g/mol. The molecule has 0 radical (unpaired) electrons. The number of carbonyl (C=O) groups is 2. The predicted octanol–water partition coefficient (Wildman–Crippen LogP) is 2.25. The van der Waals surface area contributed by atoms with Crippen LogP contribution >= 0.6 is 11.8 Å². The van der Waals surface area contributed by atoms with Crippen LogP contribution in [0.4, 0.5) is 0 Å². The molecule has 0 aliphatic rings. The van der Waals surface area contributed by atoms with Crippen LogP contribution in [0.2, 0.25) is 19.6 Å². The zero-order chi connectivity index (χ0) is 13.5. The van der Waals surface area contributed by atoms with Crippen LogP contribution in [0.15, 0.2) is 11.6 Å². The molecule has 0 rings (SSSR count). The molecule has 0 saturated carbocycles. The maximum Gasteiger partial charge on any atom is 0.343 e. The van der Waals surface area contributed by atoms with Crippen LogP contribution in [0, 0.1) is 11.5 Å². The average Bonchev–Trinajstić information content (AvgIpc) is 2.22. The fraction of sp³-hybridized carbons (Fsp3) is 0.500. The van der Waals surface area contributed by atoms with Crippen molar-refractivity contribution in [1.29, 1.82) is 0 Å². The Hall–Kier alpha value is -0.993. The molecule has 0 atom stereocenters. The van der Waals surface area contributed by atoms with Crippen molar-refractivity contribution in [2.45, 2.75) is 26.6 Å². The summed E-state index contributed by atoms with van der Waals surface area (Å²) in [6, 6.07) is 0. The zero-order valence-corrected chi connectivity index (χ0v) is 12.7. The van der Waals surface area contributed by atoms with Crippen LogP contribution in [-0.2, 0) is 14.3 Å². The van der Waals surface area contributed by atoms with Gasteiger partial charge in [-0.2, -0.15) is 0 Å². The number of thioether (sulfide) groups is 1. The second-order valence-corrected chi connectivity index (χ2v) is 10.3. The second-order valence-electron chi connectivity index (χ2n) is 4.29. The highest BCUT2D eigenvalue weighted by molar-refractivity contribution is 8.14. The predicted molar refractivity (Wildman–Crippen MR) is 74.4 cm³/mol. The maximum absolute atomic E-state index is 11.6. The SMILES string of the molecule is CCSC(=O)/C(=C/C#C[Si](C)(C)C)C(=O)OC. The summed E-state index contributed by atoms with van der Waals surface area (Å²) in [7, 11) is -0.242. The van der Waals surface area contributed by atoms with E-state index in [1.54, 1.807) is 0 Å². The lowest BCUT2D eigenvalue weighted by atomic mass is 10.3. The molecule has 0 unspecified atom stereocenters. The first-order valence-corrected chi connectivity index (χ1v) is 9.78. The normalized spacial score (nSPS) is 11.5. The lowest BCUT2D eigenvalue weighted by Crippen LogP contribution is -2.16. The highest BCUT2D eigenvalue weighted by Crippen LogP contribution is 2.11. The fourth-order valence-corrected chi connectivity index (χ4v) is 1.91. The highest BCUT2D eigenvalue weighted by atomic mass is 32.2. The minimum Gasteiger partial charge on any atom is -0.465 e. The maximum atomic E-state index is 11.6. The van der Waals surface area contributed by atoms with Crippen molar-refractivity contribution < 1.29 is 14.3 Å². The third kappa shape index (κ3) is 7.03. The van der Waals surface area contributed by atoms with Crippen LogP contribution < -0.4 is 0 Å². The summed E-state index contributed by atoms with van der Waals surface area (Å²) in [5, 5.41) is -0.288. The van der Waals surface area contributed by atoms with Gasteiger partial charge in [0.15, 0.2) is 0 Å². The molecule has 17 heavy (non-hydrogen) atoms. The van der Waals surface area contributed by atoms with E-state index in [0.29, 0.717) is 5.75 Å². The summed E-state index contributed by atoms with van der Waals surface area (Å²) in [6.45, 7) is 8.13. The van der Waals surface area contributed by atoms with Gasteiger partial charge in [0, 0.05) is 6.08 Å². The Morgan fingerprint density at radius 1 is 1.35 bits per heavy atom. The standard InChI is InChI=1S/C12H18O3SSi/c1-6-16-12(14)10(11(13)15-2)8-7-9-17(3,4)5/h8H,6H2,1-5H3/b10-8+. The molecular formula is C12H18O3SSi. The van der Waals surface area contributed by atoms with Gasteiger partial charge in [-0.05, 0) is 5.75 Å². The van der Waals surface area contributed by atoms with E-state index < -0.39 is 14.0 Å². The molecule has 0 fully saturated rings. The van der Waals surface area contributed by atoms with E-state index in [-0.39, 0.29) is 10.7 Å². The van der Waals surface area contributed by atoms with Crippen molar-refractivity contribution >= 4 is 30.9 Å². The number of allylic oxidation sites excluding steroid dienone is 1. The Kier molecular flexibility index (Phi) is 6.93. The van der Waals surface area contributed by atoms with Crippen molar-refractivity contribution in [2.24, 2.45) is 0 Å². The Labute approximate surface area is 108 Å². The van der Waals surface area contributed by atoms with Crippen LogP contribution in [0.5, 0.6) is 0 Å². The summed E-state index contributed by atoms with van der Waals surface area (Å²) in [4.78, 5) is 23.0. The van der Waals surface area contributed by atoms with Crippen LogP contribution in [-0.4, -0.2) is 32.0 Å². The highest BCUT2D eigenvalue weighted by Gasteiger charge is 2.18. The molecule has 94 valence electrons. The lowest BCUT2D eigenvalue weighted by Gasteiger charge is -2.03. The monoisotopic (exact) mass is 270 g/mol. The molecule has 0 aromatic rings. The van der Waals surface area contributed by atoms with Gasteiger partial charge in [-0.3, -0.25) is 4.79 Å². The molecule has 0 amide bonds. The molecule has 3 nitrogen and oxygen atoms in total. The second kappa shape index (κ2) is 7.36. The van der Waals surface area contributed by atoms with E-state index >= 15 is 0 Å². The van der Waals surface area contributed by atoms with Gasteiger partial charge in [-0.25, -0.2) is 4.79 Å². The number of hydrogen-bond donors (Lipinski definition) is 0. The summed E-state index contributed by atoms with van der Waals surface area (Å²) in [5.41, 5.74) is 3.09. The molecule has 0 aliphatic heterocycles. The van der Waals surface area contributed by atoms with Crippen molar-refractivity contribution in [3.8, 4) is 11.5 Å².